The summed E-state index contributed by atoms with van der Waals surface area (Å²) >= 11 is 0. The Hall–Kier alpha value is -3.80. The topological polar surface area (TPSA) is 59.1 Å². The van der Waals surface area contributed by atoms with E-state index >= 15 is 0 Å². The summed E-state index contributed by atoms with van der Waals surface area (Å²) in [6.07, 6.45) is 0. The molecule has 30 heavy (non-hydrogen) atoms. The van der Waals surface area contributed by atoms with Crippen LogP contribution in [-0.4, -0.2) is 32.6 Å². The van der Waals surface area contributed by atoms with Crippen molar-refractivity contribution >= 4 is 23.2 Å². The molecule has 1 atom stereocenters. The number of carbonyl (C=O) groups excluding carboxylic acids is 2. The Morgan fingerprint density at radius 2 is 1.50 bits per heavy atom. The number of amides is 2. The van der Waals surface area contributed by atoms with Gasteiger partial charge in [0.25, 0.3) is 5.91 Å². The van der Waals surface area contributed by atoms with Gasteiger partial charge in [0, 0.05) is 11.8 Å². The van der Waals surface area contributed by atoms with Crippen LogP contribution >= 0.6 is 0 Å². The van der Waals surface area contributed by atoms with E-state index in [0.717, 1.165) is 5.56 Å². The summed E-state index contributed by atoms with van der Waals surface area (Å²) in [5.74, 6) is 0.702. The minimum absolute atomic E-state index is 0.0836. The maximum absolute atomic E-state index is 13.7. The van der Waals surface area contributed by atoms with Gasteiger partial charge >= 0.3 is 0 Å². The first kappa shape index (κ1) is 19.5. The highest BCUT2D eigenvalue weighted by atomic mass is 16.5. The molecule has 1 saturated heterocycles. The zero-order valence-corrected chi connectivity index (χ0v) is 16.8. The van der Waals surface area contributed by atoms with Crippen molar-refractivity contribution < 1.29 is 19.1 Å². The third-order valence-electron chi connectivity index (χ3n) is 5.15. The van der Waals surface area contributed by atoms with Gasteiger partial charge in [-0.25, -0.2) is 0 Å². The fourth-order valence-corrected chi connectivity index (χ4v) is 3.71. The molecule has 2 amide bonds. The Morgan fingerprint density at radius 3 is 2.13 bits per heavy atom. The lowest BCUT2D eigenvalue weighted by Gasteiger charge is -2.40. The number of rotatable bonds is 5. The Labute approximate surface area is 175 Å². The highest BCUT2D eigenvalue weighted by Gasteiger charge is 2.42. The maximum Gasteiger partial charge on any atom is 0.255 e. The second kappa shape index (κ2) is 8.29. The van der Waals surface area contributed by atoms with Gasteiger partial charge in [-0.3, -0.25) is 19.4 Å². The smallest absolute Gasteiger partial charge is 0.255 e. The molecule has 1 aliphatic heterocycles. The van der Waals surface area contributed by atoms with Crippen LogP contribution in [0.1, 0.15) is 11.6 Å². The van der Waals surface area contributed by atoms with Crippen molar-refractivity contribution in [2.24, 2.45) is 0 Å². The van der Waals surface area contributed by atoms with Crippen LogP contribution in [0.25, 0.3) is 0 Å². The summed E-state index contributed by atoms with van der Waals surface area (Å²) in [5.41, 5.74) is 1.97. The lowest BCUT2D eigenvalue weighted by Crippen LogP contribution is -2.56. The number of para-hydroxylation sites is 1. The largest absolute Gasteiger partial charge is 0.497 e. The molecule has 6 heteroatoms. The first-order chi connectivity index (χ1) is 14.6. The lowest BCUT2D eigenvalue weighted by molar-refractivity contribution is -0.128. The van der Waals surface area contributed by atoms with Crippen molar-refractivity contribution in [2.75, 3.05) is 30.6 Å². The average molecular weight is 402 g/mol. The molecule has 1 fully saturated rings. The predicted molar refractivity (Wildman–Crippen MR) is 115 cm³/mol. The van der Waals surface area contributed by atoms with E-state index in [1.165, 1.54) is 12.0 Å². The number of hydrogen-bond donors (Lipinski definition) is 0. The van der Waals surface area contributed by atoms with E-state index in [2.05, 4.69) is 0 Å². The SMILES string of the molecule is COc1ccc(N2CC(=O)N(c3ccccc3)[C@H](c3ccccc3)C2=O)c(OC)c1. The Kier molecular flexibility index (Phi) is 5.39. The first-order valence-corrected chi connectivity index (χ1v) is 9.59. The third kappa shape index (κ3) is 3.48. The van der Waals surface area contributed by atoms with E-state index < -0.39 is 6.04 Å². The van der Waals surface area contributed by atoms with Gasteiger partial charge in [0.2, 0.25) is 5.91 Å². The normalized spacial score (nSPS) is 16.5. The van der Waals surface area contributed by atoms with Gasteiger partial charge in [-0.1, -0.05) is 48.5 Å². The zero-order valence-electron chi connectivity index (χ0n) is 16.8. The van der Waals surface area contributed by atoms with Gasteiger partial charge in [-0.05, 0) is 29.8 Å². The van der Waals surface area contributed by atoms with Crippen molar-refractivity contribution in [1.82, 2.24) is 0 Å². The highest BCUT2D eigenvalue weighted by molar-refractivity contribution is 6.15. The number of benzene rings is 3. The van der Waals surface area contributed by atoms with Gasteiger partial charge in [-0.2, -0.15) is 0 Å². The molecular weight excluding hydrogens is 380 g/mol. The number of methoxy groups -OCH3 is 2. The van der Waals surface area contributed by atoms with Crippen molar-refractivity contribution in [2.45, 2.75) is 6.04 Å². The molecule has 0 unspecified atom stereocenters. The molecule has 4 rings (SSSR count). The minimum Gasteiger partial charge on any atom is -0.497 e. The van der Waals surface area contributed by atoms with Crippen LogP contribution in [0.3, 0.4) is 0 Å². The molecule has 3 aromatic carbocycles. The van der Waals surface area contributed by atoms with Gasteiger partial charge in [-0.15, -0.1) is 0 Å². The second-order valence-corrected chi connectivity index (χ2v) is 6.87. The van der Waals surface area contributed by atoms with Crippen LogP contribution < -0.4 is 19.3 Å². The van der Waals surface area contributed by atoms with Crippen molar-refractivity contribution in [3.8, 4) is 11.5 Å². The molecule has 152 valence electrons. The fourth-order valence-electron chi connectivity index (χ4n) is 3.71. The maximum atomic E-state index is 13.7. The number of ether oxygens (including phenoxy) is 2. The number of piperazine rings is 1. The van der Waals surface area contributed by atoms with Crippen LogP contribution in [0.4, 0.5) is 11.4 Å². The molecular formula is C24H22N2O4. The van der Waals surface area contributed by atoms with Crippen LogP contribution in [0, 0.1) is 0 Å². The number of hydrogen-bond acceptors (Lipinski definition) is 4. The summed E-state index contributed by atoms with van der Waals surface area (Å²) in [5, 5.41) is 0. The van der Waals surface area contributed by atoms with Crippen LogP contribution in [0.5, 0.6) is 11.5 Å². The van der Waals surface area contributed by atoms with E-state index in [4.69, 9.17) is 9.47 Å². The second-order valence-electron chi connectivity index (χ2n) is 6.87. The lowest BCUT2D eigenvalue weighted by atomic mass is 9.99. The van der Waals surface area contributed by atoms with E-state index in [1.54, 1.807) is 30.2 Å². The van der Waals surface area contributed by atoms with Crippen molar-refractivity contribution in [3.63, 3.8) is 0 Å². The minimum atomic E-state index is -0.776. The molecule has 0 saturated carbocycles. The number of carbonyl (C=O) groups is 2. The molecule has 1 heterocycles. The predicted octanol–water partition coefficient (Wildman–Crippen LogP) is 3.82. The Bertz CT molecular complexity index is 1050. The molecule has 0 aromatic heterocycles. The molecule has 0 spiro atoms. The summed E-state index contributed by atoms with van der Waals surface area (Å²) in [7, 11) is 3.09. The molecule has 0 N–H and O–H groups in total. The van der Waals surface area contributed by atoms with Crippen molar-refractivity contribution in [3.05, 3.63) is 84.4 Å². The number of anilines is 2. The standard InChI is InChI=1S/C24H22N2O4/c1-29-19-13-14-20(21(15-19)30-2)25-16-22(27)26(18-11-7-4-8-12-18)23(24(25)28)17-9-5-3-6-10-17/h3-15,23H,16H2,1-2H3/t23-/m1/s1. The monoisotopic (exact) mass is 402 g/mol. The first-order valence-electron chi connectivity index (χ1n) is 9.59. The van der Waals surface area contributed by atoms with E-state index in [1.807, 2.05) is 60.7 Å². The van der Waals surface area contributed by atoms with Gasteiger partial charge in [0.1, 0.15) is 24.1 Å². The summed E-state index contributed by atoms with van der Waals surface area (Å²) in [6, 6.07) is 23.0. The molecule has 0 aliphatic carbocycles. The van der Waals surface area contributed by atoms with Crippen molar-refractivity contribution in [1.29, 1.82) is 0 Å². The van der Waals surface area contributed by atoms with Crippen LogP contribution in [0.2, 0.25) is 0 Å². The zero-order chi connectivity index (χ0) is 21.1. The van der Waals surface area contributed by atoms with Crippen LogP contribution in [0.15, 0.2) is 78.9 Å². The quantitative estimate of drug-likeness (QED) is 0.651. The third-order valence-corrected chi connectivity index (χ3v) is 5.15. The van der Waals surface area contributed by atoms with Gasteiger partial charge < -0.3 is 9.47 Å². The average Bonchev–Trinajstić information content (AvgIpc) is 2.80. The summed E-state index contributed by atoms with van der Waals surface area (Å²) in [6.45, 7) is -0.0836. The van der Waals surface area contributed by atoms with E-state index in [9.17, 15) is 9.59 Å². The fraction of sp³-hybridized carbons (Fsp3) is 0.167. The summed E-state index contributed by atoms with van der Waals surface area (Å²) < 4.78 is 10.7. The summed E-state index contributed by atoms with van der Waals surface area (Å²) in [4.78, 5) is 30.1. The molecule has 6 nitrogen and oxygen atoms in total. The van der Waals surface area contributed by atoms with E-state index in [-0.39, 0.29) is 18.4 Å². The van der Waals surface area contributed by atoms with E-state index in [0.29, 0.717) is 22.9 Å². The molecule has 1 aliphatic rings. The molecule has 0 bridgehead atoms. The van der Waals surface area contributed by atoms with Gasteiger partial charge in [0.15, 0.2) is 0 Å². The highest BCUT2D eigenvalue weighted by Crippen LogP contribution is 2.38. The molecule has 3 aromatic rings. The Morgan fingerprint density at radius 1 is 0.833 bits per heavy atom. The van der Waals surface area contributed by atoms with Gasteiger partial charge in [0.05, 0.1) is 19.9 Å². The Balaban J connectivity index is 1.81. The molecule has 0 radical (unpaired) electrons. The van der Waals surface area contributed by atoms with Crippen LogP contribution in [-0.2, 0) is 9.59 Å². The number of nitrogens with zero attached hydrogens (tertiary/aromatic N) is 2.